The summed E-state index contributed by atoms with van der Waals surface area (Å²) < 4.78 is 26.1. The van der Waals surface area contributed by atoms with Gasteiger partial charge < -0.3 is 5.32 Å². The average Bonchev–Trinajstić information content (AvgIpc) is 2.72. The van der Waals surface area contributed by atoms with Crippen LogP contribution in [0.3, 0.4) is 0 Å². The molecule has 2 atom stereocenters. The van der Waals surface area contributed by atoms with Crippen molar-refractivity contribution in [1.29, 1.82) is 0 Å². The van der Waals surface area contributed by atoms with Crippen molar-refractivity contribution < 1.29 is 13.6 Å². The summed E-state index contributed by atoms with van der Waals surface area (Å²) in [6, 6.07) is 2.92. The molecule has 2 unspecified atom stereocenters. The number of nitrogens with one attached hydrogen (secondary N) is 1. The maximum absolute atomic E-state index is 13.4. The molecule has 0 aromatic heterocycles. The molecule has 98 valence electrons. The number of halogens is 3. The Bertz CT molecular complexity index is 453. The minimum atomic E-state index is -0.846. The Balaban J connectivity index is 1.95. The Morgan fingerprint density at radius 3 is 2.78 bits per heavy atom. The number of carbonyl (C=O) groups excluding carboxylic acids is 1. The van der Waals surface area contributed by atoms with Crippen LogP contribution in [0.4, 0.5) is 8.78 Å². The minimum Gasteiger partial charge on any atom is -0.352 e. The van der Waals surface area contributed by atoms with Gasteiger partial charge in [-0.3, -0.25) is 4.79 Å². The lowest BCUT2D eigenvalue weighted by molar-refractivity contribution is 0.0943. The van der Waals surface area contributed by atoms with Crippen LogP contribution in [0.5, 0.6) is 0 Å². The topological polar surface area (TPSA) is 29.1 Å². The van der Waals surface area contributed by atoms with E-state index in [4.69, 9.17) is 11.6 Å². The lowest BCUT2D eigenvalue weighted by atomic mass is 10.1. The molecule has 18 heavy (non-hydrogen) atoms. The van der Waals surface area contributed by atoms with Crippen molar-refractivity contribution in [2.45, 2.75) is 24.6 Å². The molecule has 0 heterocycles. The van der Waals surface area contributed by atoms with E-state index in [2.05, 4.69) is 5.32 Å². The molecule has 1 aliphatic carbocycles. The number of hydrogen-bond donors (Lipinski definition) is 1. The fraction of sp³-hybridized carbons (Fsp3) is 0.462. The van der Waals surface area contributed by atoms with E-state index >= 15 is 0 Å². The van der Waals surface area contributed by atoms with E-state index in [-0.39, 0.29) is 16.9 Å². The molecule has 0 saturated heterocycles. The predicted molar refractivity (Wildman–Crippen MR) is 65.7 cm³/mol. The molecule has 1 saturated carbocycles. The van der Waals surface area contributed by atoms with Gasteiger partial charge in [0.2, 0.25) is 0 Å². The molecular weight excluding hydrogens is 260 g/mol. The maximum atomic E-state index is 13.4. The van der Waals surface area contributed by atoms with Gasteiger partial charge in [-0.1, -0.05) is 6.42 Å². The highest BCUT2D eigenvalue weighted by atomic mass is 35.5. The number of benzene rings is 1. The van der Waals surface area contributed by atoms with Gasteiger partial charge in [0.1, 0.15) is 11.6 Å². The summed E-state index contributed by atoms with van der Waals surface area (Å²) in [5, 5.41) is 2.72. The van der Waals surface area contributed by atoms with Crippen LogP contribution in [-0.2, 0) is 0 Å². The number of hydrogen-bond acceptors (Lipinski definition) is 1. The molecule has 5 heteroatoms. The van der Waals surface area contributed by atoms with E-state index in [0.29, 0.717) is 12.6 Å². The smallest absolute Gasteiger partial charge is 0.254 e. The van der Waals surface area contributed by atoms with Gasteiger partial charge in [-0.25, -0.2) is 8.78 Å². The molecule has 1 aromatic carbocycles. The summed E-state index contributed by atoms with van der Waals surface area (Å²) in [4.78, 5) is 11.7. The molecule has 0 aliphatic heterocycles. The van der Waals surface area contributed by atoms with Gasteiger partial charge in [-0.2, -0.15) is 0 Å². The fourth-order valence-electron chi connectivity index (χ4n) is 2.21. The Hall–Kier alpha value is -1.16. The van der Waals surface area contributed by atoms with Crippen LogP contribution in [0.2, 0.25) is 0 Å². The first-order valence-electron chi connectivity index (χ1n) is 5.95. The van der Waals surface area contributed by atoms with E-state index in [1.165, 1.54) is 0 Å². The summed E-state index contributed by atoms with van der Waals surface area (Å²) in [6.07, 6.45) is 2.98. The fourth-order valence-corrected chi connectivity index (χ4v) is 2.58. The van der Waals surface area contributed by atoms with Crippen LogP contribution >= 0.6 is 11.6 Å². The third-order valence-corrected chi connectivity index (χ3v) is 3.84. The van der Waals surface area contributed by atoms with Crippen molar-refractivity contribution in [2.24, 2.45) is 5.92 Å². The zero-order valence-electron chi connectivity index (χ0n) is 9.76. The number of rotatable bonds is 3. The summed E-state index contributed by atoms with van der Waals surface area (Å²) in [7, 11) is 0. The van der Waals surface area contributed by atoms with Gasteiger partial charge >= 0.3 is 0 Å². The molecule has 1 aliphatic rings. The first-order valence-corrected chi connectivity index (χ1v) is 6.39. The van der Waals surface area contributed by atoms with Crippen LogP contribution in [-0.4, -0.2) is 17.8 Å². The van der Waals surface area contributed by atoms with Gasteiger partial charge in [-0.05, 0) is 30.9 Å². The third kappa shape index (κ3) is 2.99. The Labute approximate surface area is 109 Å². The molecule has 1 N–H and O–H groups in total. The number of amides is 1. The van der Waals surface area contributed by atoms with Gasteiger partial charge in [0, 0.05) is 18.0 Å². The van der Waals surface area contributed by atoms with E-state index in [0.717, 1.165) is 31.4 Å². The van der Waals surface area contributed by atoms with Crippen molar-refractivity contribution in [2.75, 3.05) is 6.54 Å². The predicted octanol–water partition coefficient (Wildman–Crippen LogP) is 3.10. The normalized spacial score (nSPS) is 23.1. The highest BCUT2D eigenvalue weighted by molar-refractivity contribution is 6.21. The number of alkyl halides is 1. The second-order valence-corrected chi connectivity index (χ2v) is 5.10. The average molecular weight is 274 g/mol. The Morgan fingerprint density at radius 2 is 2.17 bits per heavy atom. The van der Waals surface area contributed by atoms with Crippen molar-refractivity contribution in [3.8, 4) is 0 Å². The van der Waals surface area contributed by atoms with Crippen LogP contribution in [0.25, 0.3) is 0 Å². The van der Waals surface area contributed by atoms with Gasteiger partial charge in [0.05, 0.1) is 5.56 Å². The summed E-state index contributed by atoms with van der Waals surface area (Å²) in [5.41, 5.74) is -0.138. The van der Waals surface area contributed by atoms with E-state index in [1.54, 1.807) is 0 Å². The van der Waals surface area contributed by atoms with Crippen LogP contribution in [0.1, 0.15) is 29.6 Å². The SMILES string of the molecule is O=C(NCC1CCCC1Cl)c1ccc(F)cc1F. The standard InChI is InChI=1S/C13H14ClF2NO/c14-11-3-1-2-8(11)7-17-13(18)10-5-4-9(15)6-12(10)16/h4-6,8,11H,1-3,7H2,(H,17,18). The van der Waals surface area contributed by atoms with Crippen molar-refractivity contribution >= 4 is 17.5 Å². The molecule has 0 radical (unpaired) electrons. The monoisotopic (exact) mass is 273 g/mol. The highest BCUT2D eigenvalue weighted by Gasteiger charge is 2.25. The van der Waals surface area contributed by atoms with Crippen LogP contribution in [0.15, 0.2) is 18.2 Å². The lowest BCUT2D eigenvalue weighted by Crippen LogP contribution is -2.31. The number of carbonyl (C=O) groups is 1. The molecular formula is C13H14ClF2NO. The quantitative estimate of drug-likeness (QED) is 0.843. The van der Waals surface area contributed by atoms with Crippen molar-refractivity contribution in [3.63, 3.8) is 0 Å². The first kappa shape index (κ1) is 13.3. The van der Waals surface area contributed by atoms with Gasteiger partial charge in [0.15, 0.2) is 0 Å². The summed E-state index contributed by atoms with van der Waals surface area (Å²) >= 11 is 6.08. The second kappa shape index (κ2) is 5.65. The van der Waals surface area contributed by atoms with Gasteiger partial charge in [-0.15, -0.1) is 11.6 Å². The van der Waals surface area contributed by atoms with E-state index in [1.807, 2.05) is 0 Å². The molecule has 2 rings (SSSR count). The third-order valence-electron chi connectivity index (χ3n) is 3.27. The molecule has 0 bridgehead atoms. The lowest BCUT2D eigenvalue weighted by Gasteiger charge is -2.14. The molecule has 1 fully saturated rings. The minimum absolute atomic E-state index is 0.0726. The summed E-state index contributed by atoms with van der Waals surface area (Å²) in [5.74, 6) is -1.83. The van der Waals surface area contributed by atoms with Crippen LogP contribution in [0, 0.1) is 17.6 Å². The Kier molecular flexibility index (Phi) is 4.17. The molecule has 1 amide bonds. The zero-order valence-corrected chi connectivity index (χ0v) is 10.5. The molecule has 1 aromatic rings. The maximum Gasteiger partial charge on any atom is 0.254 e. The van der Waals surface area contributed by atoms with E-state index < -0.39 is 17.5 Å². The molecule has 0 spiro atoms. The second-order valence-electron chi connectivity index (χ2n) is 4.54. The zero-order chi connectivity index (χ0) is 13.1. The van der Waals surface area contributed by atoms with Crippen molar-refractivity contribution in [1.82, 2.24) is 5.32 Å². The van der Waals surface area contributed by atoms with Gasteiger partial charge in [0.25, 0.3) is 5.91 Å². The van der Waals surface area contributed by atoms with E-state index in [9.17, 15) is 13.6 Å². The first-order chi connectivity index (χ1) is 8.58. The van der Waals surface area contributed by atoms with Crippen molar-refractivity contribution in [3.05, 3.63) is 35.4 Å². The summed E-state index contributed by atoms with van der Waals surface area (Å²) in [6.45, 7) is 0.434. The Morgan fingerprint density at radius 1 is 1.39 bits per heavy atom. The largest absolute Gasteiger partial charge is 0.352 e. The van der Waals surface area contributed by atoms with Crippen LogP contribution < -0.4 is 5.32 Å². The highest BCUT2D eigenvalue weighted by Crippen LogP contribution is 2.29. The molecule has 2 nitrogen and oxygen atoms in total.